The molecule has 0 amide bonds. The molecule has 0 saturated heterocycles. The zero-order valence-corrected chi connectivity index (χ0v) is 6.02. The lowest BCUT2D eigenvalue weighted by Crippen LogP contribution is -1.89. The van der Waals surface area contributed by atoms with Gasteiger partial charge in [0.05, 0.1) is 11.4 Å². The number of nitrogens with two attached hydrogens (primary N) is 2. The standard InChI is InChI=1S/C6H6N4O2/c7-3-1-5(9-11)4(8)2-6(3)10-12/h1-2H,7-8H2. The molecule has 0 bridgehead atoms. The number of nitrogen functional groups attached to an aromatic ring is 2. The summed E-state index contributed by atoms with van der Waals surface area (Å²) in [4.78, 5) is 20.2. The first-order chi connectivity index (χ1) is 5.69. The van der Waals surface area contributed by atoms with Gasteiger partial charge in [0.15, 0.2) is 0 Å². The van der Waals surface area contributed by atoms with Gasteiger partial charge in [0.25, 0.3) is 0 Å². The average Bonchev–Trinajstić information content (AvgIpc) is 2.08. The van der Waals surface area contributed by atoms with Crippen LogP contribution in [0.25, 0.3) is 0 Å². The zero-order valence-electron chi connectivity index (χ0n) is 6.02. The highest BCUT2D eigenvalue weighted by Crippen LogP contribution is 2.32. The summed E-state index contributed by atoms with van der Waals surface area (Å²) in [6.07, 6.45) is 0. The molecule has 0 aliphatic heterocycles. The second-order valence-corrected chi connectivity index (χ2v) is 2.15. The zero-order chi connectivity index (χ0) is 9.14. The van der Waals surface area contributed by atoms with Crippen molar-refractivity contribution in [3.05, 3.63) is 21.9 Å². The Kier molecular flexibility index (Phi) is 2.00. The van der Waals surface area contributed by atoms with E-state index in [0.717, 1.165) is 0 Å². The van der Waals surface area contributed by atoms with E-state index in [0.29, 0.717) is 0 Å². The number of nitroso groups, excluding NO2 is 2. The van der Waals surface area contributed by atoms with Crippen LogP contribution < -0.4 is 11.5 Å². The monoisotopic (exact) mass is 166 g/mol. The number of anilines is 2. The lowest BCUT2D eigenvalue weighted by molar-refractivity contribution is 1.45. The summed E-state index contributed by atoms with van der Waals surface area (Å²) >= 11 is 0. The minimum absolute atomic E-state index is 0.0138. The Labute approximate surface area is 67.5 Å². The van der Waals surface area contributed by atoms with Crippen LogP contribution in [0.5, 0.6) is 0 Å². The molecule has 1 rings (SSSR count). The molecule has 0 saturated carbocycles. The number of hydrogen-bond donors (Lipinski definition) is 2. The van der Waals surface area contributed by atoms with Gasteiger partial charge in [-0.2, -0.15) is 0 Å². The van der Waals surface area contributed by atoms with Crippen LogP contribution >= 0.6 is 0 Å². The molecule has 1 aromatic rings. The molecule has 0 fully saturated rings. The van der Waals surface area contributed by atoms with Crippen LogP contribution in [-0.4, -0.2) is 0 Å². The van der Waals surface area contributed by atoms with Gasteiger partial charge in [-0.3, -0.25) is 0 Å². The topological polar surface area (TPSA) is 111 Å². The van der Waals surface area contributed by atoms with Gasteiger partial charge in [0.2, 0.25) is 0 Å². The Balaban J connectivity index is 3.34. The Morgan fingerprint density at radius 3 is 1.50 bits per heavy atom. The Morgan fingerprint density at radius 2 is 1.25 bits per heavy atom. The van der Waals surface area contributed by atoms with Gasteiger partial charge in [-0.25, -0.2) is 0 Å². The summed E-state index contributed by atoms with van der Waals surface area (Å²) in [7, 11) is 0. The van der Waals surface area contributed by atoms with E-state index in [2.05, 4.69) is 10.4 Å². The van der Waals surface area contributed by atoms with E-state index in [4.69, 9.17) is 11.5 Å². The predicted octanol–water partition coefficient (Wildman–Crippen LogP) is 1.65. The molecule has 0 spiro atoms. The molecule has 0 aliphatic carbocycles. The third kappa shape index (κ3) is 1.22. The summed E-state index contributed by atoms with van der Waals surface area (Å²) in [5.74, 6) is 0. The molecule has 0 heterocycles. The fourth-order valence-electron chi connectivity index (χ4n) is 0.767. The van der Waals surface area contributed by atoms with Gasteiger partial charge in [-0.1, -0.05) is 0 Å². The SMILES string of the molecule is Nc1cc(N=O)c(N)cc1N=O. The molecule has 0 radical (unpaired) electrons. The van der Waals surface area contributed by atoms with Crippen molar-refractivity contribution < 1.29 is 0 Å². The lowest BCUT2D eigenvalue weighted by Gasteiger charge is -2.00. The molecule has 0 unspecified atom stereocenters. The number of nitrogens with zero attached hydrogens (tertiary/aromatic N) is 2. The third-order valence-electron chi connectivity index (χ3n) is 1.37. The van der Waals surface area contributed by atoms with Crippen molar-refractivity contribution in [2.75, 3.05) is 11.5 Å². The maximum Gasteiger partial charge on any atom is 0.133 e. The van der Waals surface area contributed by atoms with Crippen molar-refractivity contribution in [1.29, 1.82) is 0 Å². The molecule has 0 aromatic heterocycles. The van der Waals surface area contributed by atoms with Crippen LogP contribution in [0, 0.1) is 9.81 Å². The highest BCUT2D eigenvalue weighted by Gasteiger charge is 2.05. The summed E-state index contributed by atoms with van der Waals surface area (Å²) in [6.45, 7) is 0. The highest BCUT2D eigenvalue weighted by molar-refractivity contribution is 5.77. The van der Waals surface area contributed by atoms with Gasteiger partial charge in [0.1, 0.15) is 11.4 Å². The van der Waals surface area contributed by atoms with Crippen LogP contribution in [0.15, 0.2) is 22.5 Å². The molecule has 1 aromatic carbocycles. The predicted molar refractivity (Wildman–Crippen MR) is 46.2 cm³/mol. The summed E-state index contributed by atoms with van der Waals surface area (Å²) < 4.78 is 0. The number of hydrogen-bond acceptors (Lipinski definition) is 6. The van der Waals surface area contributed by atoms with Crippen molar-refractivity contribution in [2.24, 2.45) is 10.4 Å². The van der Waals surface area contributed by atoms with Crippen LogP contribution in [0.4, 0.5) is 22.7 Å². The van der Waals surface area contributed by atoms with E-state index >= 15 is 0 Å². The summed E-state index contributed by atoms with van der Waals surface area (Å²) in [5, 5.41) is 5.22. The lowest BCUT2D eigenvalue weighted by atomic mass is 10.2. The van der Waals surface area contributed by atoms with E-state index in [1.54, 1.807) is 0 Å². The molecule has 6 nitrogen and oxygen atoms in total. The number of rotatable bonds is 2. The molecule has 4 N–H and O–H groups in total. The Bertz CT molecular complexity index is 303. The number of benzene rings is 1. The second kappa shape index (κ2) is 2.95. The smallest absolute Gasteiger partial charge is 0.133 e. The van der Waals surface area contributed by atoms with Gasteiger partial charge in [-0.05, 0) is 22.5 Å². The quantitative estimate of drug-likeness (QED) is 0.513. The van der Waals surface area contributed by atoms with Gasteiger partial charge in [-0.15, -0.1) is 9.81 Å². The minimum Gasteiger partial charge on any atom is -0.397 e. The van der Waals surface area contributed by atoms with Crippen molar-refractivity contribution in [3.8, 4) is 0 Å². The first-order valence-corrected chi connectivity index (χ1v) is 3.04. The fourth-order valence-corrected chi connectivity index (χ4v) is 0.767. The molecule has 62 valence electrons. The largest absolute Gasteiger partial charge is 0.397 e. The maximum absolute atomic E-state index is 10.1. The summed E-state index contributed by atoms with van der Waals surface area (Å²) in [5.41, 5.74) is 10.9. The first-order valence-electron chi connectivity index (χ1n) is 3.04. The van der Waals surface area contributed by atoms with Crippen molar-refractivity contribution in [1.82, 2.24) is 0 Å². The molecule has 0 atom stereocenters. The van der Waals surface area contributed by atoms with Crippen LogP contribution in [0.3, 0.4) is 0 Å². The minimum atomic E-state index is 0.0138. The van der Waals surface area contributed by atoms with Crippen molar-refractivity contribution in [2.45, 2.75) is 0 Å². The Hall–Kier alpha value is -1.98. The van der Waals surface area contributed by atoms with Gasteiger partial charge in [0, 0.05) is 0 Å². The fraction of sp³-hybridized carbons (Fsp3) is 0. The third-order valence-corrected chi connectivity index (χ3v) is 1.37. The average molecular weight is 166 g/mol. The molecule has 12 heavy (non-hydrogen) atoms. The Morgan fingerprint density at radius 1 is 0.917 bits per heavy atom. The maximum atomic E-state index is 10.1. The highest BCUT2D eigenvalue weighted by atomic mass is 16.3. The molecule has 0 aliphatic rings. The van der Waals surface area contributed by atoms with E-state index in [9.17, 15) is 9.81 Å². The van der Waals surface area contributed by atoms with Crippen LogP contribution in [-0.2, 0) is 0 Å². The second-order valence-electron chi connectivity index (χ2n) is 2.15. The van der Waals surface area contributed by atoms with Gasteiger partial charge < -0.3 is 11.5 Å². The van der Waals surface area contributed by atoms with Crippen LogP contribution in [0.1, 0.15) is 0 Å². The summed E-state index contributed by atoms with van der Waals surface area (Å²) in [6, 6.07) is 2.41. The van der Waals surface area contributed by atoms with Crippen molar-refractivity contribution in [3.63, 3.8) is 0 Å². The van der Waals surface area contributed by atoms with Gasteiger partial charge >= 0.3 is 0 Å². The van der Waals surface area contributed by atoms with E-state index in [1.165, 1.54) is 12.1 Å². The first kappa shape index (κ1) is 8.12. The van der Waals surface area contributed by atoms with E-state index < -0.39 is 0 Å². The van der Waals surface area contributed by atoms with Crippen LogP contribution in [0.2, 0.25) is 0 Å². The molecular formula is C6H6N4O2. The van der Waals surface area contributed by atoms with Crippen molar-refractivity contribution >= 4 is 22.7 Å². The van der Waals surface area contributed by atoms with E-state index in [-0.39, 0.29) is 22.7 Å². The normalized spacial score (nSPS) is 9.33. The van der Waals surface area contributed by atoms with E-state index in [1.807, 2.05) is 0 Å². The molecule has 6 heteroatoms. The molecular weight excluding hydrogens is 160 g/mol.